The molecule has 1 saturated heterocycles. The van der Waals surface area contributed by atoms with E-state index >= 15 is 0 Å². The summed E-state index contributed by atoms with van der Waals surface area (Å²) in [4.78, 5) is 11.3. The van der Waals surface area contributed by atoms with E-state index in [9.17, 15) is 0 Å². The highest BCUT2D eigenvalue weighted by molar-refractivity contribution is 5.95. The van der Waals surface area contributed by atoms with E-state index in [1.807, 2.05) is 50.2 Å². The zero-order valence-electron chi connectivity index (χ0n) is 18.2. The molecular formula is C24H25N7O. The van der Waals surface area contributed by atoms with Crippen LogP contribution in [0.2, 0.25) is 0 Å². The number of aromatic nitrogens is 4. The van der Waals surface area contributed by atoms with Crippen LogP contribution < -0.4 is 15.5 Å². The summed E-state index contributed by atoms with van der Waals surface area (Å²) < 4.78 is 5.43. The van der Waals surface area contributed by atoms with E-state index in [0.29, 0.717) is 11.8 Å². The average molecular weight is 428 g/mol. The number of fused-ring (bicyclic) bond motifs is 1. The van der Waals surface area contributed by atoms with Gasteiger partial charge in [0, 0.05) is 36.0 Å². The Hall–Kier alpha value is -3.78. The molecule has 4 aromatic rings. The van der Waals surface area contributed by atoms with Crippen molar-refractivity contribution in [2.45, 2.75) is 13.8 Å². The third-order valence-electron chi connectivity index (χ3n) is 5.58. The van der Waals surface area contributed by atoms with Crippen molar-refractivity contribution in [2.24, 2.45) is 0 Å². The summed E-state index contributed by atoms with van der Waals surface area (Å²) in [6, 6.07) is 16.2. The Morgan fingerprint density at radius 3 is 2.53 bits per heavy atom. The molecule has 1 aliphatic heterocycles. The summed E-state index contributed by atoms with van der Waals surface area (Å²) >= 11 is 0. The molecule has 0 bridgehead atoms. The van der Waals surface area contributed by atoms with Gasteiger partial charge in [0.15, 0.2) is 0 Å². The van der Waals surface area contributed by atoms with Crippen molar-refractivity contribution in [1.29, 1.82) is 0 Å². The van der Waals surface area contributed by atoms with Crippen LogP contribution in [0.4, 0.5) is 28.8 Å². The van der Waals surface area contributed by atoms with E-state index in [2.05, 4.69) is 47.8 Å². The van der Waals surface area contributed by atoms with Crippen molar-refractivity contribution in [3.05, 3.63) is 66.0 Å². The normalized spacial score (nSPS) is 13.9. The number of rotatable bonds is 5. The van der Waals surface area contributed by atoms with Gasteiger partial charge in [-0.15, -0.1) is 5.10 Å². The van der Waals surface area contributed by atoms with Gasteiger partial charge in [0.05, 0.1) is 30.1 Å². The minimum Gasteiger partial charge on any atom is -0.378 e. The van der Waals surface area contributed by atoms with Gasteiger partial charge < -0.3 is 20.3 Å². The fraction of sp³-hybridized carbons (Fsp3) is 0.250. The third-order valence-corrected chi connectivity index (χ3v) is 5.58. The van der Waals surface area contributed by atoms with Gasteiger partial charge in [0.1, 0.15) is 5.82 Å². The number of anilines is 5. The van der Waals surface area contributed by atoms with Crippen LogP contribution in [0, 0.1) is 13.8 Å². The zero-order chi connectivity index (χ0) is 21.9. The van der Waals surface area contributed by atoms with Gasteiger partial charge in [-0.05, 0) is 49.7 Å². The maximum Gasteiger partial charge on any atom is 0.229 e. The Morgan fingerprint density at radius 1 is 0.906 bits per heavy atom. The van der Waals surface area contributed by atoms with Gasteiger partial charge in [-0.25, -0.2) is 4.98 Å². The Kier molecular flexibility index (Phi) is 5.51. The summed E-state index contributed by atoms with van der Waals surface area (Å²) in [6.07, 6.45) is 1.73. The van der Waals surface area contributed by atoms with Crippen LogP contribution in [-0.2, 0) is 4.74 Å². The zero-order valence-corrected chi connectivity index (χ0v) is 18.2. The fourth-order valence-corrected chi connectivity index (χ4v) is 3.84. The van der Waals surface area contributed by atoms with Crippen molar-refractivity contribution in [3.8, 4) is 0 Å². The number of nitrogens with one attached hydrogen (secondary N) is 2. The molecule has 0 aliphatic carbocycles. The highest BCUT2D eigenvalue weighted by Gasteiger charge is 2.12. The van der Waals surface area contributed by atoms with E-state index in [1.54, 1.807) is 6.20 Å². The van der Waals surface area contributed by atoms with Gasteiger partial charge in [0.25, 0.3) is 0 Å². The van der Waals surface area contributed by atoms with Crippen LogP contribution >= 0.6 is 0 Å². The van der Waals surface area contributed by atoms with Crippen LogP contribution in [-0.4, -0.2) is 46.5 Å². The Morgan fingerprint density at radius 2 is 1.72 bits per heavy atom. The number of ether oxygens (including phenoxy) is 1. The van der Waals surface area contributed by atoms with Crippen molar-refractivity contribution < 1.29 is 4.74 Å². The minimum atomic E-state index is 0.522. The molecule has 2 N–H and O–H groups in total. The number of aryl methyl sites for hydroxylation is 2. The van der Waals surface area contributed by atoms with Gasteiger partial charge >= 0.3 is 0 Å². The summed E-state index contributed by atoms with van der Waals surface area (Å²) in [7, 11) is 0. The summed E-state index contributed by atoms with van der Waals surface area (Å²) in [5.41, 5.74) is 5.81. The van der Waals surface area contributed by atoms with Gasteiger partial charge in [0.2, 0.25) is 5.95 Å². The summed E-state index contributed by atoms with van der Waals surface area (Å²) in [5, 5.41) is 16.4. The highest BCUT2D eigenvalue weighted by Crippen LogP contribution is 2.28. The minimum absolute atomic E-state index is 0.522. The fourth-order valence-electron chi connectivity index (χ4n) is 3.84. The van der Waals surface area contributed by atoms with Crippen LogP contribution in [0.1, 0.15) is 11.3 Å². The van der Waals surface area contributed by atoms with Crippen LogP contribution in [0.3, 0.4) is 0 Å². The van der Waals surface area contributed by atoms with E-state index in [-0.39, 0.29) is 0 Å². The number of benzene rings is 2. The molecule has 2 aromatic heterocycles. The molecule has 0 saturated carbocycles. The lowest BCUT2D eigenvalue weighted by molar-refractivity contribution is 0.122. The number of hydrogen-bond donors (Lipinski definition) is 2. The molecule has 0 atom stereocenters. The molecule has 3 heterocycles. The summed E-state index contributed by atoms with van der Waals surface area (Å²) in [6.45, 7) is 7.35. The van der Waals surface area contributed by atoms with Crippen molar-refractivity contribution in [3.63, 3.8) is 0 Å². The average Bonchev–Trinajstić information content (AvgIpc) is 2.82. The largest absolute Gasteiger partial charge is 0.378 e. The molecule has 32 heavy (non-hydrogen) atoms. The third kappa shape index (κ3) is 4.17. The Balaban J connectivity index is 1.35. The molecule has 2 aromatic carbocycles. The first kappa shape index (κ1) is 20.1. The van der Waals surface area contributed by atoms with Gasteiger partial charge in [-0.1, -0.05) is 18.2 Å². The number of morpholine rings is 1. The van der Waals surface area contributed by atoms with Crippen LogP contribution in [0.15, 0.2) is 54.7 Å². The Bertz CT molecular complexity index is 1240. The van der Waals surface area contributed by atoms with E-state index in [1.165, 1.54) is 5.69 Å². The summed E-state index contributed by atoms with van der Waals surface area (Å²) in [5.74, 6) is 1.21. The van der Waals surface area contributed by atoms with Crippen molar-refractivity contribution in [2.75, 3.05) is 41.8 Å². The second-order valence-corrected chi connectivity index (χ2v) is 7.79. The van der Waals surface area contributed by atoms with Gasteiger partial charge in [-0.2, -0.15) is 10.1 Å². The maximum absolute atomic E-state index is 5.43. The van der Waals surface area contributed by atoms with E-state index < -0.39 is 0 Å². The molecule has 0 radical (unpaired) electrons. The predicted molar refractivity (Wildman–Crippen MR) is 127 cm³/mol. The molecule has 1 fully saturated rings. The smallest absolute Gasteiger partial charge is 0.229 e. The molecule has 0 amide bonds. The van der Waals surface area contributed by atoms with Gasteiger partial charge in [-0.3, -0.25) is 0 Å². The number of hydrogen-bond acceptors (Lipinski definition) is 8. The molecule has 8 nitrogen and oxygen atoms in total. The SMILES string of the molecule is Cc1nnc2c(C)cccc2c1Nc1ccnc(Nc2ccc(N3CCOCC3)cc2)n1. The first-order valence-corrected chi connectivity index (χ1v) is 10.7. The lowest BCUT2D eigenvalue weighted by Gasteiger charge is -2.28. The van der Waals surface area contributed by atoms with E-state index in [0.717, 1.165) is 59.8 Å². The predicted octanol–water partition coefficient (Wildman–Crippen LogP) is 4.36. The molecular weight excluding hydrogens is 402 g/mol. The lowest BCUT2D eigenvalue weighted by Crippen LogP contribution is -2.36. The topological polar surface area (TPSA) is 88.1 Å². The second-order valence-electron chi connectivity index (χ2n) is 7.79. The first-order chi connectivity index (χ1) is 15.7. The molecule has 8 heteroatoms. The quantitative estimate of drug-likeness (QED) is 0.486. The van der Waals surface area contributed by atoms with Crippen molar-refractivity contribution in [1.82, 2.24) is 20.2 Å². The Labute approximate surface area is 186 Å². The second kappa shape index (κ2) is 8.76. The molecule has 1 aliphatic rings. The molecule has 5 rings (SSSR count). The highest BCUT2D eigenvalue weighted by atomic mass is 16.5. The van der Waals surface area contributed by atoms with Crippen LogP contribution in [0.5, 0.6) is 0 Å². The van der Waals surface area contributed by atoms with Crippen molar-refractivity contribution >= 4 is 39.7 Å². The standard InChI is InChI=1S/C24H25N7O/c1-16-4-3-5-20-22(16)30-29-17(2)23(20)27-21-10-11-25-24(28-21)26-18-6-8-19(9-7-18)31-12-14-32-15-13-31/h3-11H,12-15H2,1-2H3,(H2,25,26,27,28,30). The van der Waals surface area contributed by atoms with E-state index in [4.69, 9.17) is 4.74 Å². The molecule has 162 valence electrons. The molecule has 0 spiro atoms. The maximum atomic E-state index is 5.43. The molecule has 0 unspecified atom stereocenters. The number of nitrogens with zero attached hydrogens (tertiary/aromatic N) is 5. The lowest BCUT2D eigenvalue weighted by atomic mass is 10.1. The first-order valence-electron chi connectivity index (χ1n) is 10.7. The van der Waals surface area contributed by atoms with Crippen LogP contribution in [0.25, 0.3) is 10.9 Å². The monoisotopic (exact) mass is 427 g/mol.